The number of anilines is 1. The van der Waals surface area contributed by atoms with E-state index in [2.05, 4.69) is 17.2 Å². The zero-order valence-corrected chi connectivity index (χ0v) is 22.4. The first-order chi connectivity index (χ1) is 18.1. The van der Waals surface area contributed by atoms with E-state index in [4.69, 9.17) is 15.0 Å². The highest BCUT2D eigenvalue weighted by atomic mass is 19.1. The van der Waals surface area contributed by atoms with Gasteiger partial charge in [0, 0.05) is 37.7 Å². The molecule has 0 spiro atoms. The molecule has 1 aliphatic carbocycles. The van der Waals surface area contributed by atoms with Crippen molar-refractivity contribution in [1.29, 1.82) is 5.26 Å². The lowest BCUT2D eigenvalue weighted by Gasteiger charge is -2.34. The van der Waals surface area contributed by atoms with E-state index in [9.17, 15) is 14.0 Å². The van der Waals surface area contributed by atoms with Gasteiger partial charge in [-0.3, -0.25) is 9.36 Å². The van der Waals surface area contributed by atoms with Crippen LogP contribution < -0.4 is 15.8 Å². The van der Waals surface area contributed by atoms with Gasteiger partial charge in [0.2, 0.25) is 5.95 Å². The summed E-state index contributed by atoms with van der Waals surface area (Å²) in [5, 5.41) is 12.1. The molecule has 200 valence electrons. The molecule has 1 N–H and O–H groups in total. The average molecular weight is 520 g/mol. The third kappa shape index (κ3) is 6.34. The normalized spacial score (nSPS) is 16.5. The Morgan fingerprint density at radius 3 is 2.47 bits per heavy atom. The Hall–Kier alpha value is -3.85. The van der Waals surface area contributed by atoms with E-state index in [-0.39, 0.29) is 28.6 Å². The van der Waals surface area contributed by atoms with Gasteiger partial charge in [0.15, 0.2) is 0 Å². The van der Waals surface area contributed by atoms with Gasteiger partial charge in [-0.25, -0.2) is 14.2 Å². The van der Waals surface area contributed by atoms with E-state index in [1.807, 2.05) is 31.7 Å². The summed E-state index contributed by atoms with van der Waals surface area (Å²) >= 11 is 0. The zero-order valence-electron chi connectivity index (χ0n) is 22.4. The minimum atomic E-state index is -0.669. The number of nitrogens with one attached hydrogen (secondary N) is 1. The SMILES string of the molecule is Cn1c(N2CCC(NC(=O)OC(C)(C)C)CC2)nc(-c2ccc(C#N)c(F)c2)c(C#CC2CCCC2)c1=O. The molecular formula is C29H34FN5O3. The van der Waals surface area contributed by atoms with Crippen LogP contribution in [0, 0.1) is 34.9 Å². The van der Waals surface area contributed by atoms with Crippen molar-refractivity contribution in [2.75, 3.05) is 18.0 Å². The molecule has 9 heteroatoms. The van der Waals surface area contributed by atoms with Crippen molar-refractivity contribution in [1.82, 2.24) is 14.9 Å². The number of aromatic nitrogens is 2. The highest BCUT2D eigenvalue weighted by molar-refractivity contribution is 5.69. The molecule has 0 radical (unpaired) electrons. The lowest BCUT2D eigenvalue weighted by Crippen LogP contribution is -2.47. The van der Waals surface area contributed by atoms with Crippen LogP contribution in [-0.4, -0.2) is 40.4 Å². The lowest BCUT2D eigenvalue weighted by molar-refractivity contribution is 0.0497. The number of piperidine rings is 1. The predicted molar refractivity (Wildman–Crippen MR) is 143 cm³/mol. The van der Waals surface area contributed by atoms with E-state index >= 15 is 0 Å². The van der Waals surface area contributed by atoms with E-state index in [0.717, 1.165) is 25.7 Å². The van der Waals surface area contributed by atoms with Crippen molar-refractivity contribution >= 4 is 12.0 Å². The molecule has 4 rings (SSSR count). The van der Waals surface area contributed by atoms with Crippen LogP contribution in [-0.2, 0) is 11.8 Å². The molecule has 0 atom stereocenters. The molecule has 2 aromatic rings. The largest absolute Gasteiger partial charge is 0.444 e. The molecule has 1 aromatic carbocycles. The minimum absolute atomic E-state index is 0.0539. The summed E-state index contributed by atoms with van der Waals surface area (Å²) in [4.78, 5) is 32.6. The quantitative estimate of drug-likeness (QED) is 0.600. The Labute approximate surface area is 222 Å². The number of benzene rings is 1. The minimum Gasteiger partial charge on any atom is -0.444 e. The number of nitriles is 1. The van der Waals surface area contributed by atoms with E-state index < -0.39 is 17.5 Å². The number of ether oxygens (including phenoxy) is 1. The molecule has 2 fully saturated rings. The molecule has 1 saturated carbocycles. The van der Waals surface area contributed by atoms with Crippen LogP contribution in [0.5, 0.6) is 0 Å². The first-order valence-electron chi connectivity index (χ1n) is 13.1. The lowest BCUT2D eigenvalue weighted by atomic mass is 10.0. The maximum atomic E-state index is 14.6. The molecule has 0 bridgehead atoms. The highest BCUT2D eigenvalue weighted by Gasteiger charge is 2.27. The summed E-state index contributed by atoms with van der Waals surface area (Å²) in [7, 11) is 1.67. The summed E-state index contributed by atoms with van der Waals surface area (Å²) in [5.41, 5.74) is -0.000862. The Kier molecular flexibility index (Phi) is 8.06. The summed E-state index contributed by atoms with van der Waals surface area (Å²) in [6, 6.07) is 6.01. The fourth-order valence-electron chi connectivity index (χ4n) is 4.89. The Bertz CT molecular complexity index is 1360. The van der Waals surface area contributed by atoms with Crippen LogP contribution in [0.3, 0.4) is 0 Å². The zero-order chi connectivity index (χ0) is 27.4. The van der Waals surface area contributed by atoms with Gasteiger partial charge in [-0.15, -0.1) is 0 Å². The maximum absolute atomic E-state index is 14.6. The van der Waals surface area contributed by atoms with Crippen molar-refractivity contribution < 1.29 is 13.9 Å². The molecule has 1 amide bonds. The molecule has 0 unspecified atom stereocenters. The molecule has 1 saturated heterocycles. The Morgan fingerprint density at radius 1 is 1.18 bits per heavy atom. The second-order valence-electron chi connectivity index (χ2n) is 11.0. The van der Waals surface area contributed by atoms with E-state index in [0.29, 0.717) is 43.1 Å². The van der Waals surface area contributed by atoms with Gasteiger partial charge >= 0.3 is 6.09 Å². The second-order valence-corrected chi connectivity index (χ2v) is 11.0. The van der Waals surface area contributed by atoms with Gasteiger partial charge in [0.1, 0.15) is 23.1 Å². The molecule has 8 nitrogen and oxygen atoms in total. The van der Waals surface area contributed by atoms with Gasteiger partial charge in [-0.05, 0) is 58.6 Å². The van der Waals surface area contributed by atoms with Crippen molar-refractivity contribution in [2.24, 2.45) is 13.0 Å². The van der Waals surface area contributed by atoms with Crippen LogP contribution in [0.2, 0.25) is 0 Å². The third-order valence-electron chi connectivity index (χ3n) is 6.89. The first kappa shape index (κ1) is 27.2. The van der Waals surface area contributed by atoms with Crippen LogP contribution in [0.4, 0.5) is 15.1 Å². The van der Waals surface area contributed by atoms with Crippen LogP contribution in [0.15, 0.2) is 23.0 Å². The average Bonchev–Trinajstić information content (AvgIpc) is 3.38. The smallest absolute Gasteiger partial charge is 0.407 e. The second kappa shape index (κ2) is 11.3. The van der Waals surface area contributed by atoms with Crippen LogP contribution in [0.1, 0.15) is 70.4 Å². The third-order valence-corrected chi connectivity index (χ3v) is 6.89. The number of halogens is 1. The van der Waals surface area contributed by atoms with E-state index in [1.165, 1.54) is 16.7 Å². The monoisotopic (exact) mass is 519 g/mol. The number of amides is 1. The van der Waals surface area contributed by atoms with Crippen LogP contribution >= 0.6 is 0 Å². The number of carbonyl (C=O) groups excluding carboxylic acids is 1. The van der Waals surface area contributed by atoms with Crippen LogP contribution in [0.25, 0.3) is 11.3 Å². The first-order valence-corrected chi connectivity index (χ1v) is 13.1. The predicted octanol–water partition coefficient (Wildman–Crippen LogP) is 4.49. The van der Waals surface area contributed by atoms with Crippen molar-refractivity contribution in [3.8, 4) is 29.2 Å². The van der Waals surface area contributed by atoms with Gasteiger partial charge in [0.05, 0.1) is 11.3 Å². The molecule has 2 aliphatic rings. The number of carbonyl (C=O) groups is 1. The summed E-state index contributed by atoms with van der Waals surface area (Å²) in [5.74, 6) is 6.34. The van der Waals surface area contributed by atoms with Crippen molar-refractivity contribution in [2.45, 2.75) is 70.9 Å². The van der Waals surface area contributed by atoms with Gasteiger partial charge in [-0.1, -0.05) is 30.7 Å². The standard InChI is InChI=1S/C29H34FN5O3/c1-29(2,3)38-28(37)32-22-13-15-35(16-14-22)27-33-25(20-10-11-21(18-31)24(30)17-20)23(26(36)34(27)4)12-9-19-7-5-6-8-19/h10-11,17,19,22H,5-8,13-16H2,1-4H3,(H,32,37). The Morgan fingerprint density at radius 2 is 1.87 bits per heavy atom. The number of rotatable bonds is 3. The summed E-state index contributed by atoms with van der Waals surface area (Å²) in [6.45, 7) is 6.59. The number of hydrogen-bond donors (Lipinski definition) is 1. The number of nitrogens with zero attached hydrogens (tertiary/aromatic N) is 4. The highest BCUT2D eigenvalue weighted by Crippen LogP contribution is 2.27. The van der Waals surface area contributed by atoms with Gasteiger partial charge in [-0.2, -0.15) is 5.26 Å². The molecule has 2 heterocycles. The number of alkyl carbamates (subject to hydrolysis) is 1. The molecule has 38 heavy (non-hydrogen) atoms. The fraction of sp³-hybridized carbons (Fsp3) is 0.517. The Balaban J connectivity index is 1.64. The molecular weight excluding hydrogens is 485 g/mol. The van der Waals surface area contributed by atoms with Crippen molar-refractivity contribution in [3.63, 3.8) is 0 Å². The number of hydrogen-bond acceptors (Lipinski definition) is 6. The van der Waals surface area contributed by atoms with E-state index in [1.54, 1.807) is 13.1 Å². The van der Waals surface area contributed by atoms with Crippen molar-refractivity contribution in [3.05, 3.63) is 45.5 Å². The maximum Gasteiger partial charge on any atom is 0.407 e. The topological polar surface area (TPSA) is 100 Å². The summed E-state index contributed by atoms with van der Waals surface area (Å²) in [6.07, 6.45) is 5.12. The van der Waals surface area contributed by atoms with Gasteiger partial charge < -0.3 is 15.0 Å². The fourth-order valence-corrected chi connectivity index (χ4v) is 4.89. The molecule has 1 aliphatic heterocycles. The van der Waals surface area contributed by atoms with Gasteiger partial charge in [0.25, 0.3) is 5.56 Å². The summed E-state index contributed by atoms with van der Waals surface area (Å²) < 4.78 is 21.4. The molecule has 1 aromatic heterocycles.